The number of carbonyl (C=O) groups is 1. The molecule has 2 aliphatic carbocycles. The smallest absolute Gasteiger partial charge is 0.234 e. The van der Waals surface area contributed by atoms with Gasteiger partial charge < -0.3 is 10.6 Å². The quantitative estimate of drug-likeness (QED) is 0.762. The van der Waals surface area contributed by atoms with E-state index in [4.69, 9.17) is 0 Å². The molecule has 0 bridgehead atoms. The highest BCUT2D eigenvalue weighted by Gasteiger charge is 2.40. The molecular formula is C17H24N2O. The van der Waals surface area contributed by atoms with Crippen molar-refractivity contribution < 1.29 is 4.79 Å². The van der Waals surface area contributed by atoms with Crippen LogP contribution in [-0.4, -0.2) is 19.0 Å². The summed E-state index contributed by atoms with van der Waals surface area (Å²) in [7, 11) is 0. The molecule has 108 valence electrons. The number of amides is 1. The van der Waals surface area contributed by atoms with Gasteiger partial charge in [-0.3, -0.25) is 4.79 Å². The maximum atomic E-state index is 11.8. The Morgan fingerprint density at radius 1 is 1.10 bits per heavy atom. The normalized spacial score (nSPS) is 18.2. The Morgan fingerprint density at radius 3 is 2.35 bits per heavy atom. The maximum Gasteiger partial charge on any atom is 0.234 e. The fourth-order valence-electron chi connectivity index (χ4n) is 2.98. The number of rotatable bonds is 8. The van der Waals surface area contributed by atoms with Crippen molar-refractivity contribution in [1.82, 2.24) is 10.6 Å². The molecule has 0 spiro atoms. The van der Waals surface area contributed by atoms with Gasteiger partial charge in [-0.15, -0.1) is 0 Å². The second-order valence-electron chi connectivity index (χ2n) is 6.23. The number of carbonyl (C=O) groups excluding carboxylic acids is 1. The molecule has 20 heavy (non-hydrogen) atoms. The van der Waals surface area contributed by atoms with Gasteiger partial charge in [0.1, 0.15) is 0 Å². The second-order valence-corrected chi connectivity index (χ2v) is 6.23. The third-order valence-electron chi connectivity index (χ3n) is 4.45. The van der Waals surface area contributed by atoms with Crippen molar-refractivity contribution in [2.45, 2.75) is 32.2 Å². The van der Waals surface area contributed by atoms with Crippen molar-refractivity contribution in [3.63, 3.8) is 0 Å². The van der Waals surface area contributed by atoms with E-state index in [9.17, 15) is 4.79 Å². The number of hydrogen-bond acceptors (Lipinski definition) is 2. The summed E-state index contributed by atoms with van der Waals surface area (Å²) < 4.78 is 0. The molecule has 2 fully saturated rings. The Kier molecular flexibility index (Phi) is 4.36. The van der Waals surface area contributed by atoms with Crippen molar-refractivity contribution in [2.24, 2.45) is 17.8 Å². The van der Waals surface area contributed by atoms with E-state index in [-0.39, 0.29) is 5.91 Å². The Bertz CT molecular complexity index is 426. The highest BCUT2D eigenvalue weighted by Crippen LogP contribution is 2.48. The lowest BCUT2D eigenvalue weighted by Gasteiger charge is -2.16. The molecular weight excluding hydrogens is 248 g/mol. The Morgan fingerprint density at radius 2 is 1.75 bits per heavy atom. The van der Waals surface area contributed by atoms with Crippen LogP contribution in [0.3, 0.4) is 0 Å². The van der Waals surface area contributed by atoms with E-state index in [1.54, 1.807) is 0 Å². The monoisotopic (exact) mass is 272 g/mol. The lowest BCUT2D eigenvalue weighted by atomic mass is 9.98. The lowest BCUT2D eigenvalue weighted by molar-refractivity contribution is -0.120. The molecule has 2 saturated carbocycles. The zero-order valence-electron chi connectivity index (χ0n) is 12.0. The molecule has 0 unspecified atom stereocenters. The van der Waals surface area contributed by atoms with Crippen molar-refractivity contribution in [2.75, 3.05) is 13.1 Å². The largest absolute Gasteiger partial charge is 0.351 e. The van der Waals surface area contributed by atoms with E-state index >= 15 is 0 Å². The van der Waals surface area contributed by atoms with Gasteiger partial charge in [0.25, 0.3) is 0 Å². The molecule has 2 N–H and O–H groups in total. The van der Waals surface area contributed by atoms with E-state index < -0.39 is 0 Å². The van der Waals surface area contributed by atoms with Gasteiger partial charge in [0.2, 0.25) is 5.91 Å². The fourth-order valence-corrected chi connectivity index (χ4v) is 2.98. The van der Waals surface area contributed by atoms with Crippen LogP contribution >= 0.6 is 0 Å². The van der Waals surface area contributed by atoms with Crippen molar-refractivity contribution in [1.29, 1.82) is 0 Å². The molecule has 0 aliphatic heterocycles. The first kappa shape index (κ1) is 13.6. The van der Waals surface area contributed by atoms with Gasteiger partial charge >= 0.3 is 0 Å². The Hall–Kier alpha value is -1.35. The fraction of sp³-hybridized carbons (Fsp3) is 0.588. The zero-order valence-corrected chi connectivity index (χ0v) is 12.0. The first-order valence-corrected chi connectivity index (χ1v) is 7.84. The van der Waals surface area contributed by atoms with Crippen LogP contribution in [0.2, 0.25) is 0 Å². The molecule has 0 radical (unpaired) electrons. The summed E-state index contributed by atoms with van der Waals surface area (Å²) in [5, 5.41) is 6.31. The van der Waals surface area contributed by atoms with Gasteiger partial charge in [-0.2, -0.15) is 0 Å². The average molecular weight is 272 g/mol. The Labute approximate surface area is 121 Å². The molecule has 2 aliphatic rings. The van der Waals surface area contributed by atoms with Crippen LogP contribution in [0.4, 0.5) is 0 Å². The van der Waals surface area contributed by atoms with Gasteiger partial charge in [-0.05, 0) is 55.5 Å². The van der Waals surface area contributed by atoms with Gasteiger partial charge in [0, 0.05) is 6.54 Å². The van der Waals surface area contributed by atoms with Crippen LogP contribution in [0, 0.1) is 17.8 Å². The maximum absolute atomic E-state index is 11.8. The molecule has 1 aromatic carbocycles. The average Bonchev–Trinajstić information content (AvgIpc) is 3.36. The van der Waals surface area contributed by atoms with Gasteiger partial charge in [0.15, 0.2) is 0 Å². The summed E-state index contributed by atoms with van der Waals surface area (Å²) in [6, 6.07) is 10.0. The van der Waals surface area contributed by atoms with Gasteiger partial charge in [0.05, 0.1) is 6.54 Å². The predicted molar refractivity (Wildman–Crippen MR) is 80.1 cm³/mol. The first-order chi connectivity index (χ1) is 9.83. The molecule has 3 nitrogen and oxygen atoms in total. The minimum absolute atomic E-state index is 0.0965. The summed E-state index contributed by atoms with van der Waals surface area (Å²) in [4.78, 5) is 11.8. The van der Waals surface area contributed by atoms with Crippen LogP contribution in [0.15, 0.2) is 30.3 Å². The predicted octanol–water partition coefficient (Wildman–Crippen LogP) is 2.33. The van der Waals surface area contributed by atoms with Crippen molar-refractivity contribution in [3.05, 3.63) is 35.9 Å². The van der Waals surface area contributed by atoms with E-state index in [2.05, 4.69) is 10.6 Å². The SMILES string of the molecule is O=C(CNCC(C1CC1)C1CC1)NCc1ccccc1. The van der Waals surface area contributed by atoms with E-state index in [0.717, 1.165) is 29.9 Å². The van der Waals surface area contributed by atoms with Crippen LogP contribution in [0.25, 0.3) is 0 Å². The highest BCUT2D eigenvalue weighted by atomic mass is 16.1. The van der Waals surface area contributed by atoms with Gasteiger partial charge in [-0.25, -0.2) is 0 Å². The van der Waals surface area contributed by atoms with E-state index in [1.807, 2.05) is 30.3 Å². The molecule has 1 amide bonds. The van der Waals surface area contributed by atoms with Gasteiger partial charge in [-0.1, -0.05) is 30.3 Å². The van der Waals surface area contributed by atoms with Crippen molar-refractivity contribution >= 4 is 5.91 Å². The minimum Gasteiger partial charge on any atom is -0.351 e. The summed E-state index contributed by atoms with van der Waals surface area (Å²) in [6.07, 6.45) is 5.62. The summed E-state index contributed by atoms with van der Waals surface area (Å²) >= 11 is 0. The summed E-state index contributed by atoms with van der Waals surface area (Å²) in [6.45, 7) is 2.09. The number of nitrogens with one attached hydrogen (secondary N) is 2. The lowest BCUT2D eigenvalue weighted by Crippen LogP contribution is -2.36. The first-order valence-electron chi connectivity index (χ1n) is 7.84. The van der Waals surface area contributed by atoms with Crippen LogP contribution in [-0.2, 0) is 11.3 Å². The molecule has 3 rings (SSSR count). The summed E-state index contributed by atoms with van der Waals surface area (Å²) in [5.74, 6) is 2.82. The molecule has 0 atom stereocenters. The van der Waals surface area contributed by atoms with Crippen LogP contribution < -0.4 is 10.6 Å². The molecule has 0 aromatic heterocycles. The summed E-state index contributed by atoms with van der Waals surface area (Å²) in [5.41, 5.74) is 1.15. The van der Waals surface area contributed by atoms with Crippen LogP contribution in [0.5, 0.6) is 0 Å². The van der Waals surface area contributed by atoms with E-state index in [0.29, 0.717) is 13.1 Å². The topological polar surface area (TPSA) is 41.1 Å². The third-order valence-corrected chi connectivity index (χ3v) is 4.45. The molecule has 0 saturated heterocycles. The number of benzene rings is 1. The standard InChI is InChI=1S/C17H24N2O/c20-17(19-10-13-4-2-1-3-5-13)12-18-11-16(14-6-7-14)15-8-9-15/h1-5,14-16,18H,6-12H2,(H,19,20). The zero-order chi connectivity index (χ0) is 13.8. The number of hydrogen-bond donors (Lipinski definition) is 2. The van der Waals surface area contributed by atoms with Crippen molar-refractivity contribution in [3.8, 4) is 0 Å². The minimum atomic E-state index is 0.0965. The molecule has 1 aromatic rings. The highest BCUT2D eigenvalue weighted by molar-refractivity contribution is 5.77. The van der Waals surface area contributed by atoms with Crippen LogP contribution in [0.1, 0.15) is 31.2 Å². The third kappa shape index (κ3) is 4.07. The Balaban J connectivity index is 1.32. The molecule has 0 heterocycles. The molecule has 3 heteroatoms. The second kappa shape index (κ2) is 6.40. The van der Waals surface area contributed by atoms with E-state index in [1.165, 1.54) is 25.7 Å².